The molecule has 2 N–H and O–H groups in total. The zero-order valence-electron chi connectivity index (χ0n) is 14.2. The number of thiazole rings is 1. The lowest BCUT2D eigenvalue weighted by Crippen LogP contribution is -1.94. The lowest BCUT2D eigenvalue weighted by Gasteiger charge is -2.04. The Balaban J connectivity index is 1.61. The molecule has 0 unspecified atom stereocenters. The number of H-pyrrole nitrogens is 1. The van der Waals surface area contributed by atoms with Crippen LogP contribution in [0.25, 0.3) is 21.5 Å². The third-order valence-electron chi connectivity index (χ3n) is 3.96. The van der Waals surface area contributed by atoms with Crippen molar-refractivity contribution in [2.45, 2.75) is 0 Å². The molecule has 2 aromatic heterocycles. The number of amides is 1. The van der Waals surface area contributed by atoms with Crippen molar-refractivity contribution < 1.29 is 14.6 Å². The standard InChI is InChI=1S/C19H14N4O3S/c1-26-15-9-5-3-7-12(15)19-21-14(10-27-19)17(24)23-22-16-11-6-2-4-8-13(11)20-18(16)25/h2-10,20,25H,1H3. The summed E-state index contributed by atoms with van der Waals surface area (Å²) in [5.41, 5.74) is 1.92. The summed E-state index contributed by atoms with van der Waals surface area (Å²) < 4.78 is 5.33. The average molecular weight is 378 g/mol. The zero-order valence-corrected chi connectivity index (χ0v) is 15.0. The van der Waals surface area contributed by atoms with E-state index < -0.39 is 5.91 Å². The van der Waals surface area contributed by atoms with E-state index in [4.69, 9.17) is 4.74 Å². The first-order chi connectivity index (χ1) is 13.2. The predicted octanol–water partition coefficient (Wildman–Crippen LogP) is 4.93. The molecular formula is C19H14N4O3S. The topological polar surface area (TPSA) is 99.9 Å². The van der Waals surface area contributed by atoms with Crippen molar-refractivity contribution >= 4 is 33.8 Å². The van der Waals surface area contributed by atoms with E-state index in [0.29, 0.717) is 21.7 Å². The number of carbonyl (C=O) groups excluding carboxylic acids is 1. The van der Waals surface area contributed by atoms with E-state index in [1.54, 1.807) is 24.6 Å². The molecule has 8 heteroatoms. The van der Waals surface area contributed by atoms with Crippen molar-refractivity contribution in [2.24, 2.45) is 10.2 Å². The van der Waals surface area contributed by atoms with Gasteiger partial charge in [-0.2, -0.15) is 0 Å². The van der Waals surface area contributed by atoms with Crippen LogP contribution in [-0.4, -0.2) is 28.1 Å². The van der Waals surface area contributed by atoms with Gasteiger partial charge in [0.05, 0.1) is 18.2 Å². The molecule has 27 heavy (non-hydrogen) atoms. The van der Waals surface area contributed by atoms with Gasteiger partial charge in [0.1, 0.15) is 16.5 Å². The summed E-state index contributed by atoms with van der Waals surface area (Å²) in [4.78, 5) is 19.5. The van der Waals surface area contributed by atoms with Crippen LogP contribution < -0.4 is 4.74 Å². The van der Waals surface area contributed by atoms with Crippen molar-refractivity contribution in [3.63, 3.8) is 0 Å². The highest BCUT2D eigenvalue weighted by Gasteiger charge is 2.15. The Morgan fingerprint density at radius 2 is 1.96 bits per heavy atom. The molecular weight excluding hydrogens is 364 g/mol. The number of azo groups is 1. The van der Waals surface area contributed by atoms with Gasteiger partial charge in [-0.25, -0.2) is 4.98 Å². The Labute approximate surface area is 158 Å². The molecule has 2 aromatic carbocycles. The number of nitrogens with one attached hydrogen (secondary N) is 1. The Morgan fingerprint density at radius 3 is 2.81 bits per heavy atom. The first kappa shape index (κ1) is 16.9. The molecule has 0 aliphatic heterocycles. The maximum atomic E-state index is 12.3. The largest absolute Gasteiger partial charge is 0.496 e. The lowest BCUT2D eigenvalue weighted by molar-refractivity contribution is 0.0991. The van der Waals surface area contributed by atoms with Gasteiger partial charge in [0.25, 0.3) is 0 Å². The summed E-state index contributed by atoms with van der Waals surface area (Å²) in [5, 5.41) is 20.6. The Bertz CT molecular complexity index is 1160. The van der Waals surface area contributed by atoms with Crippen LogP contribution in [-0.2, 0) is 0 Å². The summed E-state index contributed by atoms with van der Waals surface area (Å²) in [6.45, 7) is 0. The van der Waals surface area contributed by atoms with E-state index >= 15 is 0 Å². The van der Waals surface area contributed by atoms with E-state index in [1.807, 2.05) is 36.4 Å². The fraction of sp³-hybridized carbons (Fsp3) is 0.0526. The summed E-state index contributed by atoms with van der Waals surface area (Å²) >= 11 is 1.32. The summed E-state index contributed by atoms with van der Waals surface area (Å²) in [6, 6.07) is 14.7. The number of aromatic amines is 1. The van der Waals surface area contributed by atoms with Crippen molar-refractivity contribution in [2.75, 3.05) is 7.11 Å². The number of hydrogen-bond donors (Lipinski definition) is 2. The molecule has 0 atom stereocenters. The van der Waals surface area contributed by atoms with Gasteiger partial charge in [0.2, 0.25) is 5.88 Å². The maximum absolute atomic E-state index is 12.3. The lowest BCUT2D eigenvalue weighted by atomic mass is 10.2. The molecule has 0 aliphatic carbocycles. The molecule has 1 amide bonds. The fourth-order valence-corrected chi connectivity index (χ4v) is 3.50. The highest BCUT2D eigenvalue weighted by Crippen LogP contribution is 2.35. The SMILES string of the molecule is COc1ccccc1-c1nc(C(=O)N=Nc2c(O)[nH]c3ccccc23)cs1. The number of rotatable bonds is 4. The number of carbonyl (C=O) groups is 1. The second-order valence-electron chi connectivity index (χ2n) is 5.61. The molecule has 0 saturated heterocycles. The van der Waals surface area contributed by atoms with Gasteiger partial charge in [-0.05, 0) is 18.2 Å². The third-order valence-corrected chi connectivity index (χ3v) is 4.84. The van der Waals surface area contributed by atoms with Gasteiger partial charge >= 0.3 is 5.91 Å². The monoisotopic (exact) mass is 378 g/mol. The maximum Gasteiger partial charge on any atom is 0.314 e. The van der Waals surface area contributed by atoms with Crippen LogP contribution in [0, 0.1) is 0 Å². The molecule has 7 nitrogen and oxygen atoms in total. The molecule has 0 radical (unpaired) electrons. The molecule has 4 rings (SSSR count). The van der Waals surface area contributed by atoms with Gasteiger partial charge in [-0.3, -0.25) is 4.79 Å². The van der Waals surface area contributed by atoms with Gasteiger partial charge in [0.15, 0.2) is 5.69 Å². The quantitative estimate of drug-likeness (QED) is 0.492. The van der Waals surface area contributed by atoms with Gasteiger partial charge in [-0.15, -0.1) is 21.6 Å². The van der Waals surface area contributed by atoms with Crippen molar-refractivity contribution in [1.29, 1.82) is 0 Å². The van der Waals surface area contributed by atoms with Crippen LogP contribution in [0.4, 0.5) is 5.69 Å². The Kier molecular flexibility index (Phi) is 4.39. The number of nitrogens with zero attached hydrogens (tertiary/aromatic N) is 3. The number of para-hydroxylation sites is 2. The number of aromatic hydroxyl groups is 1. The van der Waals surface area contributed by atoms with Crippen LogP contribution in [0.5, 0.6) is 11.6 Å². The molecule has 0 spiro atoms. The van der Waals surface area contributed by atoms with Gasteiger partial charge < -0.3 is 14.8 Å². The van der Waals surface area contributed by atoms with Crippen LogP contribution in [0.2, 0.25) is 0 Å². The normalized spacial score (nSPS) is 11.3. The third kappa shape index (κ3) is 3.18. The van der Waals surface area contributed by atoms with E-state index in [9.17, 15) is 9.90 Å². The summed E-state index contributed by atoms with van der Waals surface area (Å²) in [6.07, 6.45) is 0. The molecule has 4 aromatic rings. The minimum atomic E-state index is -0.586. The van der Waals surface area contributed by atoms with Crippen LogP contribution in [0.15, 0.2) is 64.1 Å². The second kappa shape index (κ2) is 7.00. The van der Waals surface area contributed by atoms with Crippen LogP contribution in [0.1, 0.15) is 10.5 Å². The molecule has 134 valence electrons. The molecule has 0 aliphatic rings. The van der Waals surface area contributed by atoms with E-state index in [1.165, 1.54) is 11.3 Å². The Morgan fingerprint density at radius 1 is 1.19 bits per heavy atom. The summed E-state index contributed by atoms with van der Waals surface area (Å²) in [5.74, 6) is -0.0472. The number of hydrogen-bond acceptors (Lipinski definition) is 6. The highest BCUT2D eigenvalue weighted by molar-refractivity contribution is 7.13. The minimum Gasteiger partial charge on any atom is -0.496 e. The van der Waals surface area contributed by atoms with Gasteiger partial charge in [0, 0.05) is 10.8 Å². The summed E-state index contributed by atoms with van der Waals surface area (Å²) in [7, 11) is 1.58. The van der Waals surface area contributed by atoms with Crippen molar-refractivity contribution in [3.8, 4) is 22.2 Å². The van der Waals surface area contributed by atoms with Crippen LogP contribution in [0.3, 0.4) is 0 Å². The smallest absolute Gasteiger partial charge is 0.314 e. The van der Waals surface area contributed by atoms with E-state index in [0.717, 1.165) is 5.56 Å². The number of methoxy groups -OCH3 is 1. The van der Waals surface area contributed by atoms with Crippen molar-refractivity contribution in [1.82, 2.24) is 9.97 Å². The first-order valence-corrected chi connectivity index (χ1v) is 8.90. The number of ether oxygens (including phenoxy) is 1. The van der Waals surface area contributed by atoms with Crippen molar-refractivity contribution in [3.05, 3.63) is 59.6 Å². The highest BCUT2D eigenvalue weighted by atomic mass is 32.1. The average Bonchev–Trinajstić information content (AvgIpc) is 3.30. The molecule has 0 saturated carbocycles. The number of benzene rings is 2. The Hall–Kier alpha value is -3.52. The molecule has 0 bridgehead atoms. The second-order valence-corrected chi connectivity index (χ2v) is 6.47. The minimum absolute atomic E-state index is 0.138. The fourth-order valence-electron chi connectivity index (χ4n) is 2.68. The van der Waals surface area contributed by atoms with E-state index in [-0.39, 0.29) is 17.3 Å². The van der Waals surface area contributed by atoms with Gasteiger partial charge in [-0.1, -0.05) is 30.3 Å². The first-order valence-electron chi connectivity index (χ1n) is 8.02. The number of fused-ring (bicyclic) bond motifs is 1. The van der Waals surface area contributed by atoms with E-state index in [2.05, 4.69) is 20.2 Å². The zero-order chi connectivity index (χ0) is 18.8. The number of aromatic nitrogens is 2. The van der Waals surface area contributed by atoms with Crippen LogP contribution >= 0.6 is 11.3 Å². The molecule has 2 heterocycles. The molecule has 0 fully saturated rings. The predicted molar refractivity (Wildman–Crippen MR) is 103 cm³/mol.